The monoisotopic (exact) mass is 528 g/mol. The van der Waals surface area contributed by atoms with Gasteiger partial charge in [0.05, 0.1) is 18.8 Å². The standard InChI is InChI=1S/C31H52N4O3/c1-2-3-4-5-6-7-8-9-10-11-12-15-30(36)33-27-16-17-29(35-19-13-14-20-35)28(26-27)31(37)32-18-21-34-22-24-38-25-23-34/h16-17,26H,2-15,18-25H2,1H3,(H,32,37)(H,33,36). The topological polar surface area (TPSA) is 73.9 Å². The van der Waals surface area contributed by atoms with Gasteiger partial charge in [0, 0.05) is 57.1 Å². The molecule has 2 aliphatic rings. The zero-order chi connectivity index (χ0) is 26.8. The van der Waals surface area contributed by atoms with E-state index >= 15 is 0 Å². The summed E-state index contributed by atoms with van der Waals surface area (Å²) in [4.78, 5) is 30.4. The Morgan fingerprint density at radius 2 is 1.47 bits per heavy atom. The number of ether oxygens (including phenoxy) is 1. The molecule has 0 spiro atoms. The van der Waals surface area contributed by atoms with Gasteiger partial charge in [0.25, 0.3) is 5.91 Å². The maximum Gasteiger partial charge on any atom is 0.253 e. The number of carbonyl (C=O) groups excluding carboxylic acids is 2. The van der Waals surface area contributed by atoms with Crippen LogP contribution in [0.3, 0.4) is 0 Å². The number of morpholine rings is 1. The lowest BCUT2D eigenvalue weighted by molar-refractivity contribution is -0.116. The zero-order valence-electron chi connectivity index (χ0n) is 23.9. The maximum absolute atomic E-state index is 13.2. The Kier molecular flexibility index (Phi) is 14.6. The van der Waals surface area contributed by atoms with Crippen molar-refractivity contribution in [2.75, 3.05) is 62.7 Å². The fraction of sp³-hybridized carbons (Fsp3) is 0.742. The van der Waals surface area contributed by atoms with Crippen LogP contribution in [0.2, 0.25) is 0 Å². The number of rotatable bonds is 18. The van der Waals surface area contributed by atoms with E-state index in [2.05, 4.69) is 27.4 Å². The van der Waals surface area contributed by atoms with Gasteiger partial charge < -0.3 is 20.3 Å². The zero-order valence-corrected chi connectivity index (χ0v) is 23.9. The Labute approximate surface area is 231 Å². The molecule has 7 heteroatoms. The van der Waals surface area contributed by atoms with Crippen molar-refractivity contribution in [1.82, 2.24) is 10.2 Å². The van der Waals surface area contributed by atoms with Crippen LogP contribution < -0.4 is 15.5 Å². The molecule has 2 saturated heterocycles. The van der Waals surface area contributed by atoms with Gasteiger partial charge in [-0.2, -0.15) is 0 Å². The Hall–Kier alpha value is -2.12. The minimum atomic E-state index is -0.0679. The van der Waals surface area contributed by atoms with Crippen LogP contribution in [0.25, 0.3) is 0 Å². The third kappa shape index (κ3) is 11.3. The van der Waals surface area contributed by atoms with E-state index in [0.29, 0.717) is 24.2 Å². The van der Waals surface area contributed by atoms with E-state index in [0.717, 1.165) is 77.3 Å². The average Bonchev–Trinajstić information content (AvgIpc) is 3.47. The first-order chi connectivity index (χ1) is 18.7. The third-order valence-electron chi connectivity index (χ3n) is 7.80. The molecule has 3 rings (SSSR count). The Balaban J connectivity index is 1.40. The summed E-state index contributed by atoms with van der Waals surface area (Å²) in [5.41, 5.74) is 2.33. The van der Waals surface area contributed by atoms with Crippen LogP contribution in [-0.2, 0) is 9.53 Å². The van der Waals surface area contributed by atoms with Crippen molar-refractivity contribution in [2.24, 2.45) is 0 Å². The lowest BCUT2D eigenvalue weighted by Gasteiger charge is -2.26. The van der Waals surface area contributed by atoms with E-state index in [1.807, 2.05) is 18.2 Å². The van der Waals surface area contributed by atoms with Crippen molar-refractivity contribution in [1.29, 1.82) is 0 Å². The highest BCUT2D eigenvalue weighted by Crippen LogP contribution is 2.28. The highest BCUT2D eigenvalue weighted by atomic mass is 16.5. The first-order valence-corrected chi connectivity index (χ1v) is 15.4. The second-order valence-corrected chi connectivity index (χ2v) is 11.0. The summed E-state index contributed by atoms with van der Waals surface area (Å²) in [6.07, 6.45) is 16.8. The summed E-state index contributed by atoms with van der Waals surface area (Å²) < 4.78 is 5.41. The van der Waals surface area contributed by atoms with Gasteiger partial charge in [0.2, 0.25) is 5.91 Å². The van der Waals surface area contributed by atoms with Crippen LogP contribution >= 0.6 is 0 Å². The van der Waals surface area contributed by atoms with Gasteiger partial charge >= 0.3 is 0 Å². The predicted octanol–water partition coefficient (Wildman–Crippen LogP) is 5.99. The van der Waals surface area contributed by atoms with Crippen LogP contribution in [-0.4, -0.2) is 69.2 Å². The van der Waals surface area contributed by atoms with Crippen molar-refractivity contribution in [3.63, 3.8) is 0 Å². The van der Waals surface area contributed by atoms with Crippen LogP contribution in [0.15, 0.2) is 18.2 Å². The summed E-state index contributed by atoms with van der Waals surface area (Å²) in [6.45, 7) is 8.97. The molecule has 2 aliphatic heterocycles. The molecule has 1 aromatic rings. The first kappa shape index (κ1) is 30.4. The van der Waals surface area contributed by atoms with Gasteiger partial charge in [-0.05, 0) is 37.5 Å². The number of nitrogens with zero attached hydrogens (tertiary/aromatic N) is 2. The molecule has 0 aromatic heterocycles. The fourth-order valence-electron chi connectivity index (χ4n) is 5.45. The van der Waals surface area contributed by atoms with E-state index in [1.54, 1.807) is 0 Å². The van der Waals surface area contributed by atoms with E-state index < -0.39 is 0 Å². The molecule has 0 saturated carbocycles. The second kappa shape index (κ2) is 18.2. The number of benzene rings is 1. The fourth-order valence-corrected chi connectivity index (χ4v) is 5.45. The molecule has 2 N–H and O–H groups in total. The number of hydrogen-bond donors (Lipinski definition) is 2. The lowest BCUT2D eigenvalue weighted by Crippen LogP contribution is -2.41. The Bertz CT molecular complexity index is 819. The molecule has 0 bridgehead atoms. The van der Waals surface area contributed by atoms with Crippen LogP contribution in [0.4, 0.5) is 11.4 Å². The quantitative estimate of drug-likeness (QED) is 0.229. The lowest BCUT2D eigenvalue weighted by atomic mass is 10.1. The molecule has 1 aromatic carbocycles. The molecule has 0 aliphatic carbocycles. The second-order valence-electron chi connectivity index (χ2n) is 11.0. The number of carbonyl (C=O) groups is 2. The maximum atomic E-state index is 13.2. The number of hydrogen-bond acceptors (Lipinski definition) is 5. The SMILES string of the molecule is CCCCCCCCCCCCCC(=O)Nc1ccc(N2CCCC2)c(C(=O)NCCN2CCOCC2)c1. The Morgan fingerprint density at radius 3 is 2.13 bits per heavy atom. The van der Waals surface area contributed by atoms with E-state index in [9.17, 15) is 9.59 Å². The van der Waals surface area contributed by atoms with Gasteiger partial charge in [-0.15, -0.1) is 0 Å². The van der Waals surface area contributed by atoms with Crippen LogP contribution in [0.1, 0.15) is 107 Å². The Morgan fingerprint density at radius 1 is 0.842 bits per heavy atom. The average molecular weight is 529 g/mol. The molecule has 2 fully saturated rings. The summed E-state index contributed by atoms with van der Waals surface area (Å²) in [5.74, 6) is -0.0323. The molecule has 2 heterocycles. The molecule has 38 heavy (non-hydrogen) atoms. The van der Waals surface area contributed by atoms with E-state index in [4.69, 9.17) is 4.74 Å². The molecule has 7 nitrogen and oxygen atoms in total. The van der Waals surface area contributed by atoms with Crippen molar-refractivity contribution in [2.45, 2.75) is 96.8 Å². The minimum Gasteiger partial charge on any atom is -0.379 e. The molecule has 0 atom stereocenters. The van der Waals surface area contributed by atoms with E-state index in [1.165, 1.54) is 57.8 Å². The highest BCUT2D eigenvalue weighted by Gasteiger charge is 2.21. The van der Waals surface area contributed by atoms with Gasteiger partial charge in [-0.3, -0.25) is 14.5 Å². The molecule has 2 amide bonds. The largest absolute Gasteiger partial charge is 0.379 e. The number of nitrogens with one attached hydrogen (secondary N) is 2. The summed E-state index contributed by atoms with van der Waals surface area (Å²) in [7, 11) is 0. The molecular weight excluding hydrogens is 476 g/mol. The van der Waals surface area contributed by atoms with Crippen molar-refractivity contribution in [3.8, 4) is 0 Å². The van der Waals surface area contributed by atoms with Crippen molar-refractivity contribution < 1.29 is 14.3 Å². The normalized spacial score (nSPS) is 16.1. The van der Waals surface area contributed by atoms with Crippen molar-refractivity contribution in [3.05, 3.63) is 23.8 Å². The molecule has 0 unspecified atom stereocenters. The van der Waals surface area contributed by atoms with Crippen molar-refractivity contribution >= 4 is 23.2 Å². The predicted molar refractivity (Wildman–Crippen MR) is 157 cm³/mol. The highest BCUT2D eigenvalue weighted by molar-refractivity contribution is 6.02. The number of unbranched alkanes of at least 4 members (excludes halogenated alkanes) is 10. The molecule has 0 radical (unpaired) electrons. The molecular formula is C31H52N4O3. The molecule has 214 valence electrons. The first-order valence-electron chi connectivity index (χ1n) is 15.4. The summed E-state index contributed by atoms with van der Waals surface area (Å²) >= 11 is 0. The van der Waals surface area contributed by atoms with Crippen LogP contribution in [0, 0.1) is 0 Å². The van der Waals surface area contributed by atoms with Gasteiger partial charge in [0.15, 0.2) is 0 Å². The summed E-state index contributed by atoms with van der Waals surface area (Å²) in [6, 6.07) is 5.80. The summed E-state index contributed by atoms with van der Waals surface area (Å²) in [5, 5.41) is 6.14. The smallest absolute Gasteiger partial charge is 0.253 e. The van der Waals surface area contributed by atoms with Gasteiger partial charge in [-0.25, -0.2) is 0 Å². The van der Waals surface area contributed by atoms with Crippen LogP contribution in [0.5, 0.6) is 0 Å². The van der Waals surface area contributed by atoms with Gasteiger partial charge in [-0.1, -0.05) is 71.1 Å². The third-order valence-corrected chi connectivity index (χ3v) is 7.80. The number of amides is 2. The minimum absolute atomic E-state index is 0.0357. The van der Waals surface area contributed by atoms with Gasteiger partial charge in [0.1, 0.15) is 0 Å². The van der Waals surface area contributed by atoms with E-state index in [-0.39, 0.29) is 11.8 Å². The number of anilines is 2.